The molecule has 4 rings (SSSR count). The fourth-order valence-electron chi connectivity index (χ4n) is 3.32. The van der Waals surface area contributed by atoms with Crippen LogP contribution in [0.1, 0.15) is 11.1 Å². The number of nitro benzene ring substituents is 1. The first-order chi connectivity index (χ1) is 16.0. The maximum atomic E-state index is 12.8. The van der Waals surface area contributed by atoms with Crippen LogP contribution in [0.5, 0.6) is 0 Å². The predicted octanol–water partition coefficient (Wildman–Crippen LogP) is 2.38. The zero-order valence-electron chi connectivity index (χ0n) is 17.5. The molecule has 2 aromatic carbocycles. The lowest BCUT2D eigenvalue weighted by Crippen LogP contribution is -2.26. The number of rotatable bonds is 8. The molecule has 0 bridgehead atoms. The van der Waals surface area contributed by atoms with E-state index in [0.717, 1.165) is 5.56 Å². The Hall–Kier alpha value is -4.60. The maximum Gasteiger partial charge on any atom is 0.269 e. The Morgan fingerprint density at radius 3 is 2.76 bits per heavy atom. The fraction of sp³-hybridized carbons (Fsp3) is 0.130. The number of fused-ring (bicyclic) bond motifs is 1. The van der Waals surface area contributed by atoms with Crippen molar-refractivity contribution in [1.82, 2.24) is 24.6 Å². The van der Waals surface area contributed by atoms with E-state index in [1.165, 1.54) is 35.3 Å². The van der Waals surface area contributed by atoms with Crippen molar-refractivity contribution >= 4 is 28.7 Å². The van der Waals surface area contributed by atoms with Gasteiger partial charge in [0.1, 0.15) is 11.7 Å². The minimum absolute atomic E-state index is 0.0388. The lowest BCUT2D eigenvalue weighted by Gasteiger charge is -2.07. The summed E-state index contributed by atoms with van der Waals surface area (Å²) in [5.41, 5.74) is 1.61. The van der Waals surface area contributed by atoms with E-state index in [2.05, 4.69) is 15.4 Å². The number of carbonyl (C=O) groups is 1. The Morgan fingerprint density at radius 1 is 1.15 bits per heavy atom. The molecule has 0 fully saturated rings. The number of amides is 1. The van der Waals surface area contributed by atoms with Crippen molar-refractivity contribution in [3.05, 3.63) is 105 Å². The van der Waals surface area contributed by atoms with Crippen molar-refractivity contribution in [2.45, 2.75) is 13.1 Å². The number of hydrogen-bond acceptors (Lipinski definition) is 6. The summed E-state index contributed by atoms with van der Waals surface area (Å²) in [6, 6.07) is 15.6. The second-order valence-electron chi connectivity index (χ2n) is 7.24. The van der Waals surface area contributed by atoms with Gasteiger partial charge in [0.15, 0.2) is 5.65 Å². The van der Waals surface area contributed by atoms with Gasteiger partial charge in [0.2, 0.25) is 5.91 Å². The minimum atomic E-state index is -0.478. The van der Waals surface area contributed by atoms with E-state index >= 15 is 0 Å². The molecule has 0 unspecified atom stereocenters. The lowest BCUT2D eigenvalue weighted by molar-refractivity contribution is -0.384. The molecule has 0 radical (unpaired) electrons. The van der Waals surface area contributed by atoms with Crippen LogP contribution >= 0.6 is 0 Å². The van der Waals surface area contributed by atoms with E-state index in [1.807, 2.05) is 30.3 Å². The van der Waals surface area contributed by atoms with Crippen LogP contribution in [0.2, 0.25) is 0 Å². The van der Waals surface area contributed by atoms with Crippen LogP contribution in [-0.2, 0) is 17.9 Å². The number of aromatic nitrogens is 4. The van der Waals surface area contributed by atoms with Gasteiger partial charge < -0.3 is 5.32 Å². The van der Waals surface area contributed by atoms with Crippen LogP contribution in [0.4, 0.5) is 5.69 Å². The number of non-ortho nitro benzene ring substituents is 1. The topological polar surface area (TPSA) is 125 Å². The van der Waals surface area contributed by atoms with E-state index in [1.54, 1.807) is 22.9 Å². The Kier molecular flexibility index (Phi) is 6.35. The molecule has 0 saturated carbocycles. The summed E-state index contributed by atoms with van der Waals surface area (Å²) in [6.45, 7) is 0.807. The first-order valence-electron chi connectivity index (χ1n) is 10.2. The Bertz CT molecular complexity index is 1390. The van der Waals surface area contributed by atoms with Crippen LogP contribution in [-0.4, -0.2) is 36.7 Å². The molecule has 2 aromatic heterocycles. The molecule has 0 spiro atoms. The number of nitrogens with one attached hydrogen (secondary N) is 1. The quantitative estimate of drug-likeness (QED) is 0.253. The van der Waals surface area contributed by atoms with Gasteiger partial charge in [-0.3, -0.25) is 24.3 Å². The van der Waals surface area contributed by atoms with Crippen molar-refractivity contribution in [2.24, 2.45) is 0 Å². The average Bonchev–Trinajstić information content (AvgIpc) is 3.24. The molecule has 10 heteroatoms. The standard InChI is InChI=1S/C23H20N6O4/c30-21(10-9-17-5-2-1-3-6-17)24-11-12-28-22-20(14-26-28)23(31)27(16-25-22)15-18-7-4-8-19(13-18)29(32)33/h1-10,13-14,16H,11-12,15H2,(H,24,30)/b10-9-. The molecule has 166 valence electrons. The molecule has 4 aromatic rings. The maximum absolute atomic E-state index is 12.8. The summed E-state index contributed by atoms with van der Waals surface area (Å²) in [4.78, 5) is 39.6. The van der Waals surface area contributed by atoms with E-state index in [4.69, 9.17) is 0 Å². The lowest BCUT2D eigenvalue weighted by atomic mass is 10.2. The number of benzene rings is 2. The first-order valence-corrected chi connectivity index (χ1v) is 10.2. The SMILES string of the molecule is O=C(/C=C\c1ccccc1)NCCn1ncc2c(=O)n(Cc3cccc([N+](=O)[O-])c3)cnc21. The normalized spacial score (nSPS) is 11.2. The van der Waals surface area contributed by atoms with Gasteiger partial charge in [0.05, 0.1) is 24.2 Å². The summed E-state index contributed by atoms with van der Waals surface area (Å²) >= 11 is 0. The smallest absolute Gasteiger partial charge is 0.269 e. The van der Waals surface area contributed by atoms with Gasteiger partial charge in [0.25, 0.3) is 11.2 Å². The molecule has 0 aliphatic carbocycles. The monoisotopic (exact) mass is 444 g/mol. The van der Waals surface area contributed by atoms with E-state index < -0.39 is 4.92 Å². The third-order valence-corrected chi connectivity index (χ3v) is 4.95. The molecule has 1 amide bonds. The van der Waals surface area contributed by atoms with Crippen molar-refractivity contribution in [2.75, 3.05) is 6.54 Å². The van der Waals surface area contributed by atoms with Crippen LogP contribution < -0.4 is 10.9 Å². The highest BCUT2D eigenvalue weighted by Crippen LogP contribution is 2.14. The van der Waals surface area contributed by atoms with Crippen molar-refractivity contribution in [3.63, 3.8) is 0 Å². The van der Waals surface area contributed by atoms with Gasteiger partial charge in [-0.25, -0.2) is 9.67 Å². The zero-order valence-corrected chi connectivity index (χ0v) is 17.5. The molecule has 33 heavy (non-hydrogen) atoms. The van der Waals surface area contributed by atoms with Gasteiger partial charge in [-0.2, -0.15) is 5.10 Å². The van der Waals surface area contributed by atoms with E-state index in [0.29, 0.717) is 29.7 Å². The molecule has 0 saturated heterocycles. The van der Waals surface area contributed by atoms with E-state index in [9.17, 15) is 19.7 Å². The third-order valence-electron chi connectivity index (χ3n) is 4.95. The second-order valence-corrected chi connectivity index (χ2v) is 7.24. The van der Waals surface area contributed by atoms with Crippen molar-refractivity contribution in [3.8, 4) is 0 Å². The van der Waals surface area contributed by atoms with Crippen LogP contribution in [0.15, 0.2) is 78.0 Å². The summed E-state index contributed by atoms with van der Waals surface area (Å²) in [6.07, 6.45) is 6.01. The van der Waals surface area contributed by atoms with Gasteiger partial charge in [0, 0.05) is 24.8 Å². The molecular formula is C23H20N6O4. The highest BCUT2D eigenvalue weighted by molar-refractivity contribution is 5.91. The van der Waals surface area contributed by atoms with Crippen LogP contribution in [0.3, 0.4) is 0 Å². The first kappa shape index (κ1) is 21.6. The predicted molar refractivity (Wildman–Crippen MR) is 122 cm³/mol. The second kappa shape index (κ2) is 9.69. The molecule has 10 nitrogen and oxygen atoms in total. The largest absolute Gasteiger partial charge is 0.351 e. The van der Waals surface area contributed by atoms with Gasteiger partial charge in [-0.1, -0.05) is 42.5 Å². The highest BCUT2D eigenvalue weighted by Gasteiger charge is 2.12. The summed E-state index contributed by atoms with van der Waals surface area (Å²) in [5, 5.41) is 18.3. The van der Waals surface area contributed by atoms with Crippen LogP contribution in [0, 0.1) is 10.1 Å². The minimum Gasteiger partial charge on any atom is -0.351 e. The summed E-state index contributed by atoms with van der Waals surface area (Å²) in [7, 11) is 0. The number of nitrogens with zero attached hydrogens (tertiary/aromatic N) is 5. The van der Waals surface area contributed by atoms with Gasteiger partial charge in [-0.15, -0.1) is 0 Å². The van der Waals surface area contributed by atoms with Crippen LogP contribution in [0.25, 0.3) is 17.1 Å². The van der Waals surface area contributed by atoms with Gasteiger partial charge >= 0.3 is 0 Å². The fourth-order valence-corrected chi connectivity index (χ4v) is 3.32. The number of carbonyl (C=O) groups excluding carboxylic acids is 1. The Morgan fingerprint density at radius 2 is 1.97 bits per heavy atom. The molecule has 2 heterocycles. The van der Waals surface area contributed by atoms with Crippen molar-refractivity contribution in [1.29, 1.82) is 0 Å². The Labute approximate surface area is 188 Å². The summed E-state index contributed by atoms with van der Waals surface area (Å²) < 4.78 is 2.93. The molecule has 0 aliphatic heterocycles. The van der Waals surface area contributed by atoms with Crippen molar-refractivity contribution < 1.29 is 9.72 Å². The Balaban J connectivity index is 1.41. The van der Waals surface area contributed by atoms with E-state index in [-0.39, 0.29) is 23.7 Å². The average molecular weight is 444 g/mol. The third kappa shape index (κ3) is 5.18. The summed E-state index contributed by atoms with van der Waals surface area (Å²) in [5.74, 6) is -0.234. The molecular weight excluding hydrogens is 424 g/mol. The highest BCUT2D eigenvalue weighted by atomic mass is 16.6. The zero-order chi connectivity index (χ0) is 23.2. The molecule has 0 aliphatic rings. The molecule has 1 N–H and O–H groups in total. The number of hydrogen-bond donors (Lipinski definition) is 1. The number of nitro groups is 1. The van der Waals surface area contributed by atoms with Gasteiger partial charge in [-0.05, 0) is 17.2 Å². The molecule has 0 atom stereocenters.